The number of hydrogen-bond donors (Lipinski definition) is 0. The summed E-state index contributed by atoms with van der Waals surface area (Å²) in [7, 11) is 0. The summed E-state index contributed by atoms with van der Waals surface area (Å²) in [6.45, 7) is 3.75. The largest absolute Gasteiger partial charge is 0.381 e. The van der Waals surface area contributed by atoms with Gasteiger partial charge in [0.05, 0.1) is 6.04 Å². The van der Waals surface area contributed by atoms with Crippen molar-refractivity contribution in [2.24, 2.45) is 0 Å². The molecule has 0 saturated carbocycles. The van der Waals surface area contributed by atoms with E-state index in [0.717, 1.165) is 37.0 Å². The van der Waals surface area contributed by atoms with E-state index in [0.29, 0.717) is 6.04 Å². The van der Waals surface area contributed by atoms with E-state index in [9.17, 15) is 0 Å². The van der Waals surface area contributed by atoms with Crippen molar-refractivity contribution in [1.82, 2.24) is 20.2 Å². The van der Waals surface area contributed by atoms with Crippen LogP contribution in [0.15, 0.2) is 5.16 Å². The van der Waals surface area contributed by atoms with Crippen LogP contribution in [-0.2, 0) is 4.74 Å². The van der Waals surface area contributed by atoms with Crippen LogP contribution in [0.25, 0.3) is 0 Å². The van der Waals surface area contributed by atoms with E-state index in [1.165, 1.54) is 0 Å². The Kier molecular flexibility index (Phi) is 3.36. The van der Waals surface area contributed by atoms with Gasteiger partial charge in [-0.05, 0) is 29.0 Å². The van der Waals surface area contributed by atoms with Crippen LogP contribution in [0.2, 0.25) is 0 Å². The van der Waals surface area contributed by atoms with Crippen LogP contribution in [0.1, 0.15) is 25.8 Å². The van der Waals surface area contributed by atoms with Crippen molar-refractivity contribution in [1.29, 1.82) is 0 Å². The highest BCUT2D eigenvalue weighted by Gasteiger charge is 2.19. The number of nitrogens with zero attached hydrogens (tertiary/aromatic N) is 4. The van der Waals surface area contributed by atoms with Gasteiger partial charge in [0, 0.05) is 13.2 Å². The van der Waals surface area contributed by atoms with Crippen LogP contribution in [0.4, 0.5) is 0 Å². The lowest BCUT2D eigenvalue weighted by molar-refractivity contribution is 0.0631. The first-order valence-electron chi connectivity index (χ1n) is 4.90. The summed E-state index contributed by atoms with van der Waals surface area (Å²) in [5.74, 6) is 1.00. The summed E-state index contributed by atoms with van der Waals surface area (Å²) in [6.07, 6.45) is 2.03. The molecule has 6 heteroatoms. The predicted octanol–water partition coefficient (Wildman–Crippen LogP) is 1.14. The third kappa shape index (κ3) is 2.06. The molecular formula is C8H14N4OS. The van der Waals surface area contributed by atoms with Crippen molar-refractivity contribution in [2.45, 2.75) is 31.0 Å². The lowest BCUT2D eigenvalue weighted by Crippen LogP contribution is -2.21. The molecule has 1 aliphatic heterocycles. The zero-order chi connectivity index (χ0) is 9.80. The minimum Gasteiger partial charge on any atom is -0.381 e. The van der Waals surface area contributed by atoms with E-state index < -0.39 is 0 Å². The van der Waals surface area contributed by atoms with E-state index >= 15 is 0 Å². The number of thioether (sulfide) groups is 1. The molecule has 2 rings (SSSR count). The Morgan fingerprint density at radius 2 is 2.29 bits per heavy atom. The topological polar surface area (TPSA) is 52.8 Å². The van der Waals surface area contributed by atoms with Gasteiger partial charge in [0.1, 0.15) is 0 Å². The number of tetrazole rings is 1. The molecule has 1 aromatic heterocycles. The average molecular weight is 214 g/mol. The maximum absolute atomic E-state index is 5.31. The van der Waals surface area contributed by atoms with Crippen molar-refractivity contribution in [3.05, 3.63) is 0 Å². The van der Waals surface area contributed by atoms with Crippen molar-refractivity contribution in [3.63, 3.8) is 0 Å². The molecule has 1 aromatic rings. The summed E-state index contributed by atoms with van der Waals surface area (Å²) in [4.78, 5) is 0. The minimum absolute atomic E-state index is 0.424. The number of rotatable bonds is 3. The molecule has 78 valence electrons. The van der Waals surface area contributed by atoms with Gasteiger partial charge in [-0.25, -0.2) is 4.68 Å². The average Bonchev–Trinajstić information content (AvgIpc) is 2.68. The highest BCUT2D eigenvalue weighted by atomic mass is 32.2. The van der Waals surface area contributed by atoms with Gasteiger partial charge >= 0.3 is 0 Å². The van der Waals surface area contributed by atoms with Gasteiger partial charge in [0.15, 0.2) is 0 Å². The molecule has 0 aliphatic carbocycles. The van der Waals surface area contributed by atoms with Gasteiger partial charge in [-0.3, -0.25) is 0 Å². The first kappa shape index (κ1) is 9.92. The molecule has 0 atom stereocenters. The maximum atomic E-state index is 5.31. The van der Waals surface area contributed by atoms with Crippen LogP contribution in [0.3, 0.4) is 0 Å². The molecule has 1 fully saturated rings. The summed E-state index contributed by atoms with van der Waals surface area (Å²) in [6, 6.07) is 0.424. The Balaban J connectivity index is 2.09. The normalized spacial score (nSPS) is 18.6. The Morgan fingerprint density at radius 3 is 3.00 bits per heavy atom. The van der Waals surface area contributed by atoms with E-state index in [-0.39, 0.29) is 0 Å². The van der Waals surface area contributed by atoms with Gasteiger partial charge in [0.25, 0.3) is 0 Å². The number of hydrogen-bond acceptors (Lipinski definition) is 5. The fraction of sp³-hybridized carbons (Fsp3) is 0.875. The molecule has 5 nitrogen and oxygen atoms in total. The predicted molar refractivity (Wildman–Crippen MR) is 53.3 cm³/mol. The van der Waals surface area contributed by atoms with E-state index in [4.69, 9.17) is 4.74 Å². The van der Waals surface area contributed by atoms with Gasteiger partial charge in [-0.1, -0.05) is 18.7 Å². The first-order valence-corrected chi connectivity index (χ1v) is 5.88. The second-order valence-corrected chi connectivity index (χ2v) is 4.41. The van der Waals surface area contributed by atoms with Gasteiger partial charge in [0.2, 0.25) is 5.16 Å². The van der Waals surface area contributed by atoms with Crippen LogP contribution in [0, 0.1) is 0 Å². The minimum atomic E-state index is 0.424. The summed E-state index contributed by atoms with van der Waals surface area (Å²) in [5.41, 5.74) is 0. The molecule has 1 saturated heterocycles. The zero-order valence-corrected chi connectivity index (χ0v) is 9.03. The third-order valence-corrected chi connectivity index (χ3v) is 3.09. The molecule has 0 aromatic carbocycles. The fourth-order valence-corrected chi connectivity index (χ4v) is 2.24. The molecule has 2 heterocycles. The van der Waals surface area contributed by atoms with Gasteiger partial charge in [-0.2, -0.15) is 0 Å². The van der Waals surface area contributed by atoms with Crippen LogP contribution < -0.4 is 0 Å². The molecular weight excluding hydrogens is 200 g/mol. The molecule has 0 unspecified atom stereocenters. The smallest absolute Gasteiger partial charge is 0.209 e. The van der Waals surface area contributed by atoms with Crippen molar-refractivity contribution in [3.8, 4) is 0 Å². The molecule has 0 amide bonds. The lowest BCUT2D eigenvalue weighted by Gasteiger charge is -2.22. The third-order valence-electron chi connectivity index (χ3n) is 2.27. The zero-order valence-electron chi connectivity index (χ0n) is 8.22. The molecule has 0 radical (unpaired) electrons. The fourth-order valence-electron chi connectivity index (χ4n) is 1.57. The monoisotopic (exact) mass is 214 g/mol. The summed E-state index contributed by atoms with van der Waals surface area (Å²) in [5, 5.41) is 12.7. The highest BCUT2D eigenvalue weighted by Crippen LogP contribution is 2.24. The second kappa shape index (κ2) is 4.75. The summed E-state index contributed by atoms with van der Waals surface area (Å²) >= 11 is 1.69. The van der Waals surface area contributed by atoms with E-state index in [1.807, 2.05) is 4.68 Å². The van der Waals surface area contributed by atoms with Gasteiger partial charge in [-0.15, -0.1) is 5.10 Å². The Hall–Kier alpha value is -0.620. The molecule has 14 heavy (non-hydrogen) atoms. The number of ether oxygens (including phenoxy) is 1. The van der Waals surface area contributed by atoms with Crippen LogP contribution in [-0.4, -0.2) is 39.2 Å². The maximum Gasteiger partial charge on any atom is 0.209 e. The molecule has 1 aliphatic rings. The Labute approximate surface area is 87.2 Å². The SMILES string of the molecule is CCSc1nnnn1C1CCOCC1. The van der Waals surface area contributed by atoms with Crippen LogP contribution >= 0.6 is 11.8 Å². The quantitative estimate of drug-likeness (QED) is 0.706. The Morgan fingerprint density at radius 1 is 1.50 bits per heavy atom. The molecule has 0 N–H and O–H groups in total. The lowest BCUT2D eigenvalue weighted by atomic mass is 10.1. The van der Waals surface area contributed by atoms with Crippen molar-refractivity contribution in [2.75, 3.05) is 19.0 Å². The first-order chi connectivity index (χ1) is 6.92. The van der Waals surface area contributed by atoms with Crippen molar-refractivity contribution >= 4 is 11.8 Å². The molecule has 0 bridgehead atoms. The number of aromatic nitrogens is 4. The Bertz CT molecular complexity index is 285. The highest BCUT2D eigenvalue weighted by molar-refractivity contribution is 7.99. The molecule has 0 spiro atoms. The van der Waals surface area contributed by atoms with Gasteiger partial charge < -0.3 is 4.74 Å². The summed E-state index contributed by atoms with van der Waals surface area (Å²) < 4.78 is 7.25. The standard InChI is InChI=1S/C8H14N4OS/c1-2-14-8-9-10-11-12(8)7-3-5-13-6-4-7/h7H,2-6H2,1H3. The van der Waals surface area contributed by atoms with Crippen molar-refractivity contribution < 1.29 is 4.74 Å². The van der Waals surface area contributed by atoms with E-state index in [2.05, 4.69) is 22.4 Å². The second-order valence-electron chi connectivity index (χ2n) is 3.18. The van der Waals surface area contributed by atoms with E-state index in [1.54, 1.807) is 11.8 Å². The van der Waals surface area contributed by atoms with Crippen LogP contribution in [0.5, 0.6) is 0 Å².